The van der Waals surface area contributed by atoms with Crippen molar-refractivity contribution in [2.45, 2.75) is 175 Å². The van der Waals surface area contributed by atoms with Crippen molar-refractivity contribution in [3.63, 3.8) is 0 Å². The number of ketones is 1. The molecule has 0 bridgehead atoms. The first kappa shape index (κ1) is 32.6. The summed E-state index contributed by atoms with van der Waals surface area (Å²) in [6, 6.07) is 0. The van der Waals surface area contributed by atoms with E-state index in [1.807, 2.05) is 0 Å². The van der Waals surface area contributed by atoms with Crippen LogP contribution in [0.3, 0.4) is 0 Å². The lowest BCUT2D eigenvalue weighted by atomic mass is 10.0. The molecular formula is C31H63NO. The van der Waals surface area contributed by atoms with Crippen LogP contribution < -0.4 is 0 Å². The lowest BCUT2D eigenvalue weighted by Gasteiger charge is -2.21. The Kier molecular flexibility index (Phi) is 27.6. The third-order valence-electron chi connectivity index (χ3n) is 7.10. The Morgan fingerprint density at radius 1 is 0.424 bits per heavy atom. The molecule has 0 spiro atoms. The Labute approximate surface area is 210 Å². The molecule has 0 aliphatic heterocycles. The van der Waals surface area contributed by atoms with Gasteiger partial charge in [0.25, 0.3) is 0 Å². The maximum Gasteiger partial charge on any atom is 0.143 e. The highest BCUT2D eigenvalue weighted by Crippen LogP contribution is 2.14. The van der Waals surface area contributed by atoms with Crippen LogP contribution in [-0.2, 0) is 4.79 Å². The molecule has 0 radical (unpaired) electrons. The predicted molar refractivity (Wildman–Crippen MR) is 149 cm³/mol. The van der Waals surface area contributed by atoms with Gasteiger partial charge >= 0.3 is 0 Å². The van der Waals surface area contributed by atoms with Crippen LogP contribution in [0.1, 0.15) is 175 Å². The molecule has 0 aromatic rings. The number of carbonyl (C=O) groups is 1. The number of Topliss-reactive ketones (excluding diaryl/α,β-unsaturated/α-hetero) is 1. The van der Waals surface area contributed by atoms with E-state index in [1.54, 1.807) is 6.92 Å². The SMILES string of the molecule is CCCCCCCCCCCCCCN(CCCCCCCCCCCCCC)CC(C)=O. The van der Waals surface area contributed by atoms with Crippen LogP contribution in [0.4, 0.5) is 0 Å². The highest BCUT2D eigenvalue weighted by Gasteiger charge is 2.07. The van der Waals surface area contributed by atoms with E-state index in [2.05, 4.69) is 18.7 Å². The zero-order valence-electron chi connectivity index (χ0n) is 23.4. The first-order valence-corrected chi connectivity index (χ1v) is 15.4. The van der Waals surface area contributed by atoms with Gasteiger partial charge in [-0.15, -0.1) is 0 Å². The van der Waals surface area contributed by atoms with E-state index in [4.69, 9.17) is 0 Å². The second-order valence-electron chi connectivity index (χ2n) is 10.8. The molecule has 0 aromatic heterocycles. The summed E-state index contributed by atoms with van der Waals surface area (Å²) in [6.45, 7) is 9.23. The normalized spacial score (nSPS) is 11.5. The van der Waals surface area contributed by atoms with Crippen LogP contribution in [0.25, 0.3) is 0 Å². The molecule has 0 fully saturated rings. The van der Waals surface area contributed by atoms with Gasteiger partial charge < -0.3 is 0 Å². The van der Waals surface area contributed by atoms with Gasteiger partial charge in [-0.2, -0.15) is 0 Å². The van der Waals surface area contributed by atoms with E-state index in [9.17, 15) is 4.79 Å². The van der Waals surface area contributed by atoms with E-state index in [1.165, 1.54) is 154 Å². The Balaban J connectivity index is 3.52. The number of rotatable bonds is 28. The van der Waals surface area contributed by atoms with Crippen molar-refractivity contribution in [2.75, 3.05) is 19.6 Å². The summed E-state index contributed by atoms with van der Waals surface area (Å²) in [5, 5.41) is 0. The van der Waals surface area contributed by atoms with E-state index in [0.717, 1.165) is 13.1 Å². The molecule has 0 N–H and O–H groups in total. The van der Waals surface area contributed by atoms with Gasteiger partial charge in [-0.1, -0.05) is 155 Å². The average Bonchev–Trinajstić information content (AvgIpc) is 2.80. The molecule has 0 unspecified atom stereocenters. The van der Waals surface area contributed by atoms with E-state index >= 15 is 0 Å². The standard InChI is InChI=1S/C31H63NO/c1-4-6-8-10-12-14-16-18-20-22-24-26-28-32(30-31(3)33)29-27-25-23-21-19-17-15-13-11-9-7-5-2/h4-30H2,1-3H3. The smallest absolute Gasteiger partial charge is 0.143 e. The Morgan fingerprint density at radius 3 is 0.909 bits per heavy atom. The molecule has 0 saturated carbocycles. The minimum atomic E-state index is 0.327. The first-order valence-electron chi connectivity index (χ1n) is 15.4. The second kappa shape index (κ2) is 27.9. The van der Waals surface area contributed by atoms with Crippen LogP contribution in [0.5, 0.6) is 0 Å². The van der Waals surface area contributed by atoms with E-state index in [-0.39, 0.29) is 0 Å². The summed E-state index contributed by atoms with van der Waals surface area (Å²) in [4.78, 5) is 14.1. The third kappa shape index (κ3) is 27.8. The average molecular weight is 466 g/mol. The molecule has 0 aliphatic carbocycles. The first-order chi connectivity index (χ1) is 16.2. The highest BCUT2D eigenvalue weighted by atomic mass is 16.1. The third-order valence-corrected chi connectivity index (χ3v) is 7.10. The fourth-order valence-electron chi connectivity index (χ4n) is 4.94. The van der Waals surface area contributed by atoms with Crippen LogP contribution in [0.15, 0.2) is 0 Å². The summed E-state index contributed by atoms with van der Waals surface area (Å²) in [6.07, 6.45) is 33.5. The predicted octanol–water partition coefficient (Wildman–Crippen LogP) is 10.3. The van der Waals surface area contributed by atoms with Gasteiger partial charge in [0, 0.05) is 0 Å². The van der Waals surface area contributed by atoms with Crippen molar-refractivity contribution in [3.8, 4) is 0 Å². The van der Waals surface area contributed by atoms with Crippen molar-refractivity contribution < 1.29 is 4.79 Å². The molecule has 0 saturated heterocycles. The van der Waals surface area contributed by atoms with Gasteiger partial charge in [0.1, 0.15) is 5.78 Å². The van der Waals surface area contributed by atoms with E-state index < -0.39 is 0 Å². The zero-order valence-corrected chi connectivity index (χ0v) is 23.4. The number of carbonyl (C=O) groups excluding carboxylic acids is 1. The van der Waals surface area contributed by atoms with Gasteiger partial charge in [-0.3, -0.25) is 9.69 Å². The summed E-state index contributed by atoms with van der Waals surface area (Å²) in [7, 11) is 0. The fraction of sp³-hybridized carbons (Fsp3) is 0.968. The van der Waals surface area contributed by atoms with Crippen molar-refractivity contribution in [1.82, 2.24) is 4.90 Å². The van der Waals surface area contributed by atoms with Gasteiger partial charge in [0.05, 0.1) is 6.54 Å². The molecule has 0 amide bonds. The molecular weight excluding hydrogens is 402 g/mol. The number of unbranched alkanes of at least 4 members (excludes halogenated alkanes) is 22. The lowest BCUT2D eigenvalue weighted by Crippen LogP contribution is -2.30. The van der Waals surface area contributed by atoms with Crippen molar-refractivity contribution in [2.24, 2.45) is 0 Å². The molecule has 2 heteroatoms. The molecule has 33 heavy (non-hydrogen) atoms. The monoisotopic (exact) mass is 465 g/mol. The molecule has 2 nitrogen and oxygen atoms in total. The maximum absolute atomic E-state index is 11.6. The Morgan fingerprint density at radius 2 is 0.667 bits per heavy atom. The minimum Gasteiger partial charge on any atom is -0.299 e. The maximum atomic E-state index is 11.6. The van der Waals surface area contributed by atoms with Crippen molar-refractivity contribution in [1.29, 1.82) is 0 Å². The second-order valence-corrected chi connectivity index (χ2v) is 10.8. The molecule has 0 atom stereocenters. The largest absolute Gasteiger partial charge is 0.299 e. The topological polar surface area (TPSA) is 20.3 Å². The molecule has 198 valence electrons. The van der Waals surface area contributed by atoms with Gasteiger partial charge in [-0.05, 0) is 32.9 Å². The summed E-state index contributed by atoms with van der Waals surface area (Å²) in [5.41, 5.74) is 0. The fourth-order valence-corrected chi connectivity index (χ4v) is 4.94. The van der Waals surface area contributed by atoms with Gasteiger partial charge in [0.2, 0.25) is 0 Å². The number of hydrogen-bond acceptors (Lipinski definition) is 2. The van der Waals surface area contributed by atoms with Gasteiger partial charge in [0.15, 0.2) is 0 Å². The zero-order chi connectivity index (χ0) is 24.2. The lowest BCUT2D eigenvalue weighted by molar-refractivity contribution is -0.118. The summed E-state index contributed by atoms with van der Waals surface area (Å²) in [5.74, 6) is 0.327. The minimum absolute atomic E-state index is 0.327. The molecule has 0 aliphatic rings. The van der Waals surface area contributed by atoms with Gasteiger partial charge in [-0.25, -0.2) is 0 Å². The number of nitrogens with zero attached hydrogens (tertiary/aromatic N) is 1. The van der Waals surface area contributed by atoms with Crippen LogP contribution in [0, 0.1) is 0 Å². The summed E-state index contributed by atoms with van der Waals surface area (Å²) >= 11 is 0. The Bertz CT molecular complexity index is 353. The summed E-state index contributed by atoms with van der Waals surface area (Å²) < 4.78 is 0. The molecule has 0 heterocycles. The molecule has 0 aromatic carbocycles. The van der Waals surface area contributed by atoms with Crippen LogP contribution >= 0.6 is 0 Å². The Hall–Kier alpha value is -0.370. The van der Waals surface area contributed by atoms with Crippen LogP contribution in [0.2, 0.25) is 0 Å². The van der Waals surface area contributed by atoms with Crippen molar-refractivity contribution in [3.05, 3.63) is 0 Å². The van der Waals surface area contributed by atoms with Crippen molar-refractivity contribution >= 4 is 5.78 Å². The van der Waals surface area contributed by atoms with Crippen LogP contribution in [-0.4, -0.2) is 30.3 Å². The molecule has 0 rings (SSSR count). The van der Waals surface area contributed by atoms with E-state index in [0.29, 0.717) is 12.3 Å². The highest BCUT2D eigenvalue weighted by molar-refractivity contribution is 5.77. The quantitative estimate of drug-likeness (QED) is 0.107. The number of hydrogen-bond donors (Lipinski definition) is 0.